The first-order chi connectivity index (χ1) is 13.0. The predicted octanol–water partition coefficient (Wildman–Crippen LogP) is 4.06. The Morgan fingerprint density at radius 2 is 1.74 bits per heavy atom. The molecular formula is C20H20N2O4S. The van der Waals surface area contributed by atoms with E-state index in [9.17, 15) is 14.4 Å². The molecule has 1 heterocycles. The maximum Gasteiger partial charge on any atom is 0.338 e. The molecule has 0 aliphatic carbocycles. The van der Waals surface area contributed by atoms with Gasteiger partial charge in [0.2, 0.25) is 0 Å². The molecule has 6 nitrogen and oxygen atoms in total. The van der Waals surface area contributed by atoms with Crippen LogP contribution in [0.15, 0.2) is 48.5 Å². The second-order valence-electron chi connectivity index (χ2n) is 5.90. The molecule has 0 bridgehead atoms. The highest BCUT2D eigenvalue weighted by atomic mass is 32.2. The minimum atomic E-state index is -0.711. The van der Waals surface area contributed by atoms with E-state index in [1.165, 1.54) is 4.90 Å². The van der Waals surface area contributed by atoms with E-state index in [0.29, 0.717) is 23.5 Å². The Morgan fingerprint density at radius 3 is 2.33 bits per heavy atom. The molecule has 140 valence electrons. The predicted molar refractivity (Wildman–Crippen MR) is 106 cm³/mol. The van der Waals surface area contributed by atoms with Crippen molar-refractivity contribution < 1.29 is 19.1 Å². The first-order valence-electron chi connectivity index (χ1n) is 8.70. The Hall–Kier alpha value is -2.80. The van der Waals surface area contributed by atoms with Crippen molar-refractivity contribution in [3.05, 3.63) is 59.7 Å². The molecule has 27 heavy (non-hydrogen) atoms. The zero-order valence-electron chi connectivity index (χ0n) is 15.1. The van der Waals surface area contributed by atoms with Gasteiger partial charge in [-0.2, -0.15) is 0 Å². The minimum Gasteiger partial charge on any atom is -0.462 e. The fourth-order valence-corrected chi connectivity index (χ4v) is 3.59. The van der Waals surface area contributed by atoms with Crippen molar-refractivity contribution >= 4 is 40.3 Å². The number of ether oxygens (including phenoxy) is 1. The number of hydrogen-bond donors (Lipinski definition) is 1. The lowest BCUT2D eigenvalue weighted by Crippen LogP contribution is -2.34. The normalized spacial score (nSPS) is 16.5. The van der Waals surface area contributed by atoms with Crippen LogP contribution in [0.2, 0.25) is 0 Å². The molecule has 0 spiro atoms. The molecule has 1 atom stereocenters. The van der Waals surface area contributed by atoms with Crippen molar-refractivity contribution in [2.75, 3.05) is 16.8 Å². The average molecular weight is 384 g/mol. The summed E-state index contributed by atoms with van der Waals surface area (Å²) in [7, 11) is 0. The summed E-state index contributed by atoms with van der Waals surface area (Å²) in [6.45, 7) is 4.10. The van der Waals surface area contributed by atoms with E-state index in [4.69, 9.17) is 4.74 Å². The number of benzene rings is 2. The van der Waals surface area contributed by atoms with E-state index < -0.39 is 11.3 Å². The number of anilines is 2. The summed E-state index contributed by atoms with van der Waals surface area (Å²) in [5.74, 6) is -0.712. The maximum absolute atomic E-state index is 12.7. The molecule has 2 aromatic carbocycles. The van der Waals surface area contributed by atoms with Gasteiger partial charge in [0.15, 0.2) is 5.37 Å². The Bertz CT molecular complexity index is 849. The first kappa shape index (κ1) is 19.0. The number of hydrogen-bond acceptors (Lipinski definition) is 6. The maximum atomic E-state index is 12.7. The van der Waals surface area contributed by atoms with E-state index in [1.807, 2.05) is 19.1 Å². The molecule has 3 rings (SSSR count). The van der Waals surface area contributed by atoms with Crippen molar-refractivity contribution in [1.29, 1.82) is 0 Å². The molecule has 2 amide bonds. The molecule has 0 unspecified atom stereocenters. The summed E-state index contributed by atoms with van der Waals surface area (Å²) in [6.07, 6.45) is 0.892. The average Bonchev–Trinajstić information content (AvgIpc) is 2.96. The molecule has 0 aromatic heterocycles. The van der Waals surface area contributed by atoms with Gasteiger partial charge in [-0.05, 0) is 67.1 Å². The lowest BCUT2D eigenvalue weighted by molar-refractivity contribution is -0.116. The Morgan fingerprint density at radius 1 is 1.07 bits per heavy atom. The molecule has 1 aliphatic heterocycles. The number of carbonyl (C=O) groups is 3. The quantitative estimate of drug-likeness (QED) is 0.757. The number of rotatable bonds is 6. The van der Waals surface area contributed by atoms with Gasteiger partial charge in [0.25, 0.3) is 11.1 Å². The molecule has 2 aromatic rings. The van der Waals surface area contributed by atoms with E-state index in [2.05, 4.69) is 5.32 Å². The molecule has 7 heteroatoms. The molecule has 0 saturated carbocycles. The zero-order valence-corrected chi connectivity index (χ0v) is 15.9. The number of imide groups is 1. The lowest BCUT2D eigenvalue weighted by Gasteiger charge is -2.15. The fraction of sp³-hybridized carbons (Fsp3) is 0.250. The zero-order chi connectivity index (χ0) is 19.4. The number of esters is 1. The molecule has 1 saturated heterocycles. The first-order valence-corrected chi connectivity index (χ1v) is 9.58. The number of carbonyl (C=O) groups excluding carboxylic acids is 3. The standard InChI is InChI=1S/C20H20N2O4S/c1-3-13-5-11-16(12-6-13)22-18(23)17(27-20(22)25)21-15-9-7-14(8-10-15)19(24)26-4-2/h5-12,17,21H,3-4H2,1-2H3/t17-/m0/s1. The van der Waals surface area contributed by atoms with Crippen LogP contribution in [0, 0.1) is 0 Å². The third-order valence-electron chi connectivity index (χ3n) is 4.14. The third-order valence-corrected chi connectivity index (χ3v) is 5.08. The van der Waals surface area contributed by atoms with Gasteiger partial charge in [0, 0.05) is 5.69 Å². The van der Waals surface area contributed by atoms with Crippen LogP contribution in [-0.4, -0.2) is 29.1 Å². The van der Waals surface area contributed by atoms with Crippen LogP contribution < -0.4 is 10.2 Å². The SMILES string of the molecule is CCOC(=O)c1ccc(N[C@H]2SC(=O)N(c3ccc(CC)cc3)C2=O)cc1. The van der Waals surface area contributed by atoms with Gasteiger partial charge >= 0.3 is 5.97 Å². The van der Waals surface area contributed by atoms with E-state index >= 15 is 0 Å². The molecule has 1 fully saturated rings. The molecule has 0 radical (unpaired) electrons. The second kappa shape index (κ2) is 8.26. The van der Waals surface area contributed by atoms with Crippen LogP contribution in [0.1, 0.15) is 29.8 Å². The van der Waals surface area contributed by atoms with Gasteiger partial charge in [-0.1, -0.05) is 19.1 Å². The summed E-state index contributed by atoms with van der Waals surface area (Å²) in [6, 6.07) is 14.0. The number of thioether (sulfide) groups is 1. The Kier molecular flexibility index (Phi) is 5.81. The fourth-order valence-electron chi connectivity index (χ4n) is 2.68. The lowest BCUT2D eigenvalue weighted by atomic mass is 10.1. The van der Waals surface area contributed by atoms with E-state index in [1.54, 1.807) is 43.3 Å². The van der Waals surface area contributed by atoms with Crippen LogP contribution in [0.25, 0.3) is 0 Å². The monoisotopic (exact) mass is 384 g/mol. The van der Waals surface area contributed by atoms with Crippen LogP contribution in [0.5, 0.6) is 0 Å². The van der Waals surface area contributed by atoms with Crippen molar-refractivity contribution in [2.24, 2.45) is 0 Å². The van der Waals surface area contributed by atoms with Gasteiger partial charge in [-0.3, -0.25) is 9.59 Å². The summed E-state index contributed by atoms with van der Waals surface area (Å²) in [5, 5.41) is 2.01. The van der Waals surface area contributed by atoms with Gasteiger partial charge in [-0.25, -0.2) is 9.69 Å². The molecular weight excluding hydrogens is 364 g/mol. The van der Waals surface area contributed by atoms with Gasteiger partial charge in [0.1, 0.15) is 0 Å². The smallest absolute Gasteiger partial charge is 0.338 e. The Balaban J connectivity index is 1.70. The number of nitrogens with one attached hydrogen (secondary N) is 1. The molecule has 1 N–H and O–H groups in total. The summed E-state index contributed by atoms with van der Waals surface area (Å²) < 4.78 is 4.94. The summed E-state index contributed by atoms with van der Waals surface area (Å²) >= 11 is 0.935. The number of amides is 2. The van der Waals surface area contributed by atoms with Gasteiger partial charge in [-0.15, -0.1) is 0 Å². The Labute approximate surface area is 161 Å². The van der Waals surface area contributed by atoms with Crippen LogP contribution in [0.3, 0.4) is 0 Å². The highest BCUT2D eigenvalue weighted by Gasteiger charge is 2.40. The number of aryl methyl sites for hydroxylation is 1. The highest BCUT2D eigenvalue weighted by Crippen LogP contribution is 2.32. The number of nitrogens with zero attached hydrogens (tertiary/aromatic N) is 1. The van der Waals surface area contributed by atoms with E-state index in [0.717, 1.165) is 23.7 Å². The van der Waals surface area contributed by atoms with Crippen molar-refractivity contribution in [1.82, 2.24) is 0 Å². The summed E-state index contributed by atoms with van der Waals surface area (Å²) in [5.41, 5.74) is 2.78. The van der Waals surface area contributed by atoms with Gasteiger partial charge < -0.3 is 10.1 Å². The summed E-state index contributed by atoms with van der Waals surface area (Å²) in [4.78, 5) is 37.9. The second-order valence-corrected chi connectivity index (χ2v) is 6.96. The molecule has 1 aliphatic rings. The van der Waals surface area contributed by atoms with E-state index in [-0.39, 0.29) is 11.1 Å². The highest BCUT2D eigenvalue weighted by molar-refractivity contribution is 8.16. The van der Waals surface area contributed by atoms with Crippen LogP contribution >= 0.6 is 11.8 Å². The minimum absolute atomic E-state index is 0.309. The van der Waals surface area contributed by atoms with Crippen LogP contribution in [-0.2, 0) is 16.0 Å². The van der Waals surface area contributed by atoms with Crippen molar-refractivity contribution in [2.45, 2.75) is 25.6 Å². The van der Waals surface area contributed by atoms with Gasteiger partial charge in [0.05, 0.1) is 17.9 Å². The largest absolute Gasteiger partial charge is 0.462 e. The van der Waals surface area contributed by atoms with Crippen molar-refractivity contribution in [3.63, 3.8) is 0 Å². The third kappa shape index (κ3) is 4.14. The van der Waals surface area contributed by atoms with Crippen molar-refractivity contribution in [3.8, 4) is 0 Å². The van der Waals surface area contributed by atoms with Crippen LogP contribution in [0.4, 0.5) is 16.2 Å². The topological polar surface area (TPSA) is 75.7 Å².